The van der Waals surface area contributed by atoms with Gasteiger partial charge in [-0.05, 0) is 52.7 Å². The molecule has 1 aliphatic rings. The molecule has 0 bridgehead atoms. The van der Waals surface area contributed by atoms with Crippen LogP contribution in [0.2, 0.25) is 0 Å². The van der Waals surface area contributed by atoms with Crippen LogP contribution >= 0.6 is 0 Å². The Bertz CT molecular complexity index is 1420. The molecule has 4 aromatic rings. The molecule has 1 atom stereocenters. The van der Waals surface area contributed by atoms with Crippen LogP contribution in [0.3, 0.4) is 0 Å². The van der Waals surface area contributed by atoms with Crippen LogP contribution in [-0.4, -0.2) is 36.2 Å². The summed E-state index contributed by atoms with van der Waals surface area (Å²) < 4.78 is 54.9. The number of aromatic amines is 1. The van der Waals surface area contributed by atoms with E-state index in [2.05, 4.69) is 25.7 Å². The predicted molar refractivity (Wildman–Crippen MR) is 109 cm³/mol. The standard InChI is InChI=1S/C22H16F4N6O/c1-11-6-19-29-30-31-32(19)21(13-3-4-15(16(23)9-13)22(24,25)26)20(11)18(33)8-12-2-5-17-14(7-12)10-27-28-17/h2-5,7,9-10,21H,6,8H2,1H3,(H,27,28). The first kappa shape index (κ1) is 21.0. The number of halogens is 4. The Hall–Kier alpha value is -3.89. The van der Waals surface area contributed by atoms with E-state index < -0.39 is 23.6 Å². The van der Waals surface area contributed by atoms with Crippen molar-refractivity contribution in [3.8, 4) is 0 Å². The van der Waals surface area contributed by atoms with Crippen LogP contribution in [0.4, 0.5) is 17.6 Å². The zero-order chi connectivity index (χ0) is 23.3. The minimum absolute atomic E-state index is 0.0465. The molecule has 1 N–H and O–H groups in total. The summed E-state index contributed by atoms with van der Waals surface area (Å²) in [7, 11) is 0. The Morgan fingerprint density at radius 2 is 2.03 bits per heavy atom. The van der Waals surface area contributed by atoms with Gasteiger partial charge >= 0.3 is 6.18 Å². The van der Waals surface area contributed by atoms with E-state index in [-0.39, 0.29) is 17.8 Å². The highest BCUT2D eigenvalue weighted by atomic mass is 19.4. The van der Waals surface area contributed by atoms with Crippen molar-refractivity contribution in [2.75, 3.05) is 0 Å². The van der Waals surface area contributed by atoms with Crippen molar-refractivity contribution in [1.29, 1.82) is 0 Å². The van der Waals surface area contributed by atoms with E-state index in [9.17, 15) is 22.4 Å². The second kappa shape index (κ2) is 7.61. The average Bonchev–Trinajstić information content (AvgIpc) is 3.40. The molecule has 0 spiro atoms. The third-order valence-corrected chi connectivity index (χ3v) is 5.75. The molecule has 5 rings (SSSR count). The third-order valence-electron chi connectivity index (χ3n) is 5.75. The number of Topliss-reactive ketones (excluding diaryl/α,β-unsaturated/α-hetero) is 1. The summed E-state index contributed by atoms with van der Waals surface area (Å²) in [5, 5.41) is 19.2. The second-order valence-corrected chi connectivity index (χ2v) is 7.94. The fourth-order valence-corrected chi connectivity index (χ4v) is 4.23. The Balaban J connectivity index is 1.56. The fourth-order valence-electron chi connectivity index (χ4n) is 4.23. The van der Waals surface area contributed by atoms with Crippen molar-refractivity contribution in [2.45, 2.75) is 32.0 Å². The van der Waals surface area contributed by atoms with Gasteiger partial charge in [-0.2, -0.15) is 18.3 Å². The normalized spacial score (nSPS) is 16.3. The molecular weight excluding hydrogens is 440 g/mol. The number of benzene rings is 2. The smallest absolute Gasteiger partial charge is 0.294 e. The maximum atomic E-state index is 14.4. The first-order chi connectivity index (χ1) is 15.7. The minimum Gasteiger partial charge on any atom is -0.294 e. The average molecular weight is 456 g/mol. The molecule has 1 unspecified atom stereocenters. The molecule has 0 amide bonds. The number of nitrogens with one attached hydrogen (secondary N) is 1. The Morgan fingerprint density at radius 1 is 1.21 bits per heavy atom. The van der Waals surface area contributed by atoms with Gasteiger partial charge in [-0.15, -0.1) is 5.10 Å². The molecule has 0 radical (unpaired) electrons. The van der Waals surface area contributed by atoms with Crippen molar-refractivity contribution in [1.82, 2.24) is 30.4 Å². The van der Waals surface area contributed by atoms with Gasteiger partial charge in [0.15, 0.2) is 11.6 Å². The number of carbonyl (C=O) groups excluding carboxylic acids is 1. The quantitative estimate of drug-likeness (QED) is 0.470. The fraction of sp³-hybridized carbons (Fsp3) is 0.227. The van der Waals surface area contributed by atoms with Crippen LogP contribution in [0.1, 0.15) is 35.5 Å². The molecule has 33 heavy (non-hydrogen) atoms. The maximum absolute atomic E-state index is 14.4. The number of alkyl halides is 3. The molecule has 0 aliphatic carbocycles. The molecule has 2 aromatic carbocycles. The molecule has 1 aliphatic heterocycles. The summed E-state index contributed by atoms with van der Waals surface area (Å²) in [6.45, 7) is 1.75. The number of ketones is 1. The summed E-state index contributed by atoms with van der Waals surface area (Å²) in [5.41, 5.74) is 1.37. The van der Waals surface area contributed by atoms with Crippen LogP contribution in [0.5, 0.6) is 0 Å². The number of hydrogen-bond acceptors (Lipinski definition) is 5. The molecule has 3 heterocycles. The first-order valence-corrected chi connectivity index (χ1v) is 10.0. The number of aromatic nitrogens is 6. The largest absolute Gasteiger partial charge is 0.419 e. The topological polar surface area (TPSA) is 89.4 Å². The molecular formula is C22H16F4N6O. The molecule has 2 aromatic heterocycles. The minimum atomic E-state index is -4.83. The van der Waals surface area contributed by atoms with Crippen LogP contribution in [0, 0.1) is 5.82 Å². The van der Waals surface area contributed by atoms with Gasteiger partial charge in [0.2, 0.25) is 0 Å². The summed E-state index contributed by atoms with van der Waals surface area (Å²) in [5.74, 6) is -1.23. The first-order valence-electron chi connectivity index (χ1n) is 10.0. The number of nitrogens with zero attached hydrogens (tertiary/aromatic N) is 5. The number of carbonyl (C=O) groups is 1. The summed E-state index contributed by atoms with van der Waals surface area (Å²) in [6.07, 6.45) is -2.83. The lowest BCUT2D eigenvalue weighted by molar-refractivity contribution is -0.140. The van der Waals surface area contributed by atoms with E-state index in [4.69, 9.17) is 0 Å². The molecule has 0 saturated heterocycles. The highest BCUT2D eigenvalue weighted by molar-refractivity contribution is 5.99. The molecule has 0 saturated carbocycles. The summed E-state index contributed by atoms with van der Waals surface area (Å²) in [6, 6.07) is 7.14. The second-order valence-electron chi connectivity index (χ2n) is 7.94. The maximum Gasteiger partial charge on any atom is 0.419 e. The SMILES string of the molecule is CC1=C(C(=O)Cc2ccc3[nH]ncc3c2)C(c2ccc(C(F)(F)F)c(F)c2)n2nnnc2C1. The van der Waals surface area contributed by atoms with E-state index in [0.29, 0.717) is 29.5 Å². The van der Waals surface area contributed by atoms with Crippen LogP contribution in [0.25, 0.3) is 10.9 Å². The lowest BCUT2D eigenvalue weighted by Crippen LogP contribution is -2.28. The number of tetrazole rings is 1. The lowest BCUT2D eigenvalue weighted by Gasteiger charge is -2.27. The zero-order valence-electron chi connectivity index (χ0n) is 17.2. The van der Waals surface area contributed by atoms with Crippen molar-refractivity contribution < 1.29 is 22.4 Å². The van der Waals surface area contributed by atoms with Crippen molar-refractivity contribution in [3.63, 3.8) is 0 Å². The van der Waals surface area contributed by atoms with Gasteiger partial charge in [0, 0.05) is 23.8 Å². The van der Waals surface area contributed by atoms with Gasteiger partial charge in [-0.3, -0.25) is 9.89 Å². The predicted octanol–water partition coefficient (Wildman–Crippen LogP) is 3.98. The zero-order valence-corrected chi connectivity index (χ0v) is 17.2. The third kappa shape index (κ3) is 3.69. The summed E-state index contributed by atoms with van der Waals surface area (Å²) >= 11 is 0. The van der Waals surface area contributed by atoms with Crippen molar-refractivity contribution in [2.24, 2.45) is 0 Å². The Labute approximate surface area is 184 Å². The molecule has 7 nitrogen and oxygen atoms in total. The van der Waals surface area contributed by atoms with Crippen molar-refractivity contribution >= 4 is 16.7 Å². The van der Waals surface area contributed by atoms with Gasteiger partial charge in [0.1, 0.15) is 11.9 Å². The van der Waals surface area contributed by atoms with E-state index in [0.717, 1.165) is 28.6 Å². The van der Waals surface area contributed by atoms with Crippen LogP contribution in [0.15, 0.2) is 53.7 Å². The van der Waals surface area contributed by atoms with E-state index in [1.165, 1.54) is 4.68 Å². The number of H-pyrrole nitrogens is 1. The monoisotopic (exact) mass is 456 g/mol. The summed E-state index contributed by atoms with van der Waals surface area (Å²) in [4.78, 5) is 13.4. The van der Waals surface area contributed by atoms with E-state index >= 15 is 0 Å². The highest BCUT2D eigenvalue weighted by Gasteiger charge is 2.37. The highest BCUT2D eigenvalue weighted by Crippen LogP contribution is 2.38. The van der Waals surface area contributed by atoms with E-state index in [1.54, 1.807) is 19.2 Å². The van der Waals surface area contributed by atoms with Crippen LogP contribution < -0.4 is 0 Å². The Kier molecular flexibility index (Phi) is 4.84. The van der Waals surface area contributed by atoms with Gasteiger partial charge < -0.3 is 0 Å². The van der Waals surface area contributed by atoms with Gasteiger partial charge in [0.25, 0.3) is 0 Å². The number of hydrogen-bond donors (Lipinski definition) is 1. The van der Waals surface area contributed by atoms with E-state index in [1.807, 2.05) is 12.1 Å². The molecule has 0 fully saturated rings. The number of fused-ring (bicyclic) bond motifs is 2. The van der Waals surface area contributed by atoms with Gasteiger partial charge in [-0.1, -0.05) is 17.7 Å². The molecule has 11 heteroatoms. The Morgan fingerprint density at radius 3 is 2.79 bits per heavy atom. The van der Waals surface area contributed by atoms with Gasteiger partial charge in [0.05, 0.1) is 17.3 Å². The number of allylic oxidation sites excluding steroid dienone is 2. The number of rotatable bonds is 4. The van der Waals surface area contributed by atoms with Crippen molar-refractivity contribution in [3.05, 3.63) is 82.1 Å². The lowest BCUT2D eigenvalue weighted by atomic mass is 9.85. The van der Waals surface area contributed by atoms with Crippen LogP contribution in [-0.2, 0) is 23.8 Å². The molecule has 168 valence electrons. The van der Waals surface area contributed by atoms with Gasteiger partial charge in [-0.25, -0.2) is 9.07 Å².